The van der Waals surface area contributed by atoms with Gasteiger partial charge in [0.1, 0.15) is 0 Å². The van der Waals surface area contributed by atoms with E-state index in [1.165, 1.54) is 11.8 Å². The van der Waals surface area contributed by atoms with Gasteiger partial charge in [-0.1, -0.05) is 13.3 Å². The van der Waals surface area contributed by atoms with Crippen molar-refractivity contribution in [1.29, 1.82) is 0 Å². The van der Waals surface area contributed by atoms with Gasteiger partial charge in [-0.25, -0.2) is 0 Å². The van der Waals surface area contributed by atoms with Crippen molar-refractivity contribution >= 4 is 18.0 Å². The third kappa shape index (κ3) is 3.55. The summed E-state index contributed by atoms with van der Waals surface area (Å²) in [5.41, 5.74) is -0.524. The molecule has 0 aromatic carbocycles. The molecule has 0 aliphatic carbocycles. The molecule has 116 valence electrons. The van der Waals surface area contributed by atoms with Crippen LogP contribution < -0.4 is 0 Å². The van der Waals surface area contributed by atoms with Crippen LogP contribution in [0.4, 0.5) is 0 Å². The van der Waals surface area contributed by atoms with Crippen molar-refractivity contribution in [3.05, 3.63) is 32.9 Å². The molecule has 0 radical (unpaired) electrons. The molecule has 5 nitrogen and oxygen atoms in total. The van der Waals surface area contributed by atoms with Crippen molar-refractivity contribution in [3.63, 3.8) is 0 Å². The second kappa shape index (κ2) is 7.22. The number of aliphatic imine (C=N–C) groups is 1. The second-order valence-electron chi connectivity index (χ2n) is 5.48. The number of nitrogens with zero attached hydrogens (tertiary/aromatic N) is 2. The summed E-state index contributed by atoms with van der Waals surface area (Å²) in [6.07, 6.45) is 10.5. The van der Waals surface area contributed by atoms with Gasteiger partial charge < -0.3 is 4.74 Å². The molecule has 1 fully saturated rings. The highest BCUT2D eigenvalue weighted by Gasteiger charge is 2.43. The molecule has 0 N–H and O–H groups in total. The van der Waals surface area contributed by atoms with E-state index in [0.717, 1.165) is 24.4 Å². The van der Waals surface area contributed by atoms with Crippen LogP contribution >= 0.6 is 11.8 Å². The fraction of sp³-hybridized carbons (Fsp3) is 0.667. The predicted molar refractivity (Wildman–Crippen MR) is 86.3 cm³/mol. The van der Waals surface area contributed by atoms with E-state index in [4.69, 9.17) is 4.74 Å². The van der Waals surface area contributed by atoms with Crippen molar-refractivity contribution in [2.45, 2.75) is 38.1 Å². The van der Waals surface area contributed by atoms with Crippen LogP contribution in [0.5, 0.6) is 0 Å². The van der Waals surface area contributed by atoms with Crippen molar-refractivity contribution < 1.29 is 9.66 Å². The summed E-state index contributed by atoms with van der Waals surface area (Å²) in [4.78, 5) is 16.8. The van der Waals surface area contributed by atoms with Crippen molar-refractivity contribution in [3.8, 4) is 0 Å². The van der Waals surface area contributed by atoms with Gasteiger partial charge >= 0.3 is 0 Å². The molecule has 0 aromatic heterocycles. The monoisotopic (exact) mass is 310 g/mol. The highest BCUT2D eigenvalue weighted by atomic mass is 32.2. The lowest BCUT2D eigenvalue weighted by Gasteiger charge is -2.23. The average Bonchev–Trinajstić information content (AvgIpc) is 3.10. The molecule has 2 unspecified atom stereocenters. The fourth-order valence-electron chi connectivity index (χ4n) is 2.99. The second-order valence-corrected chi connectivity index (χ2v) is 6.38. The van der Waals surface area contributed by atoms with Crippen LogP contribution in [0.25, 0.3) is 0 Å². The maximum absolute atomic E-state index is 11.7. The van der Waals surface area contributed by atoms with Crippen molar-refractivity contribution in [1.82, 2.24) is 0 Å². The molecule has 21 heavy (non-hydrogen) atoms. The molecular weight excluding hydrogens is 288 g/mol. The summed E-state index contributed by atoms with van der Waals surface area (Å²) in [6.45, 7) is 3.50. The number of ether oxygens (including phenoxy) is 1. The van der Waals surface area contributed by atoms with Crippen LogP contribution in [0.3, 0.4) is 0 Å². The first-order valence-corrected chi connectivity index (χ1v) is 8.58. The first-order valence-electron chi connectivity index (χ1n) is 7.35. The molecule has 2 atom stereocenters. The SMILES string of the molecule is CCCC1(C(=C(CC2CCOC2)SC)[N+](=O)[O-])C=CC=N1. The fourth-order valence-corrected chi connectivity index (χ4v) is 3.84. The number of nitro groups is 1. The Labute approximate surface area is 129 Å². The van der Waals surface area contributed by atoms with Crippen LogP contribution in [0.1, 0.15) is 32.6 Å². The minimum atomic E-state index is -0.782. The molecule has 2 aliphatic rings. The van der Waals surface area contributed by atoms with E-state index in [-0.39, 0.29) is 10.6 Å². The van der Waals surface area contributed by atoms with E-state index in [2.05, 4.69) is 4.99 Å². The normalized spacial score (nSPS) is 29.0. The van der Waals surface area contributed by atoms with Gasteiger partial charge in [0, 0.05) is 19.4 Å². The summed E-state index contributed by atoms with van der Waals surface area (Å²) in [5, 5.41) is 11.7. The summed E-state index contributed by atoms with van der Waals surface area (Å²) in [6, 6.07) is 0. The van der Waals surface area contributed by atoms with Gasteiger partial charge in [0.2, 0.25) is 0 Å². The summed E-state index contributed by atoms with van der Waals surface area (Å²) in [7, 11) is 0. The van der Waals surface area contributed by atoms with E-state index < -0.39 is 5.54 Å². The summed E-state index contributed by atoms with van der Waals surface area (Å²) >= 11 is 1.48. The standard InChI is InChI=1S/C15H22N2O3S/c1-3-6-15(7-4-8-16-15)14(17(18)19)13(21-2)10-12-5-9-20-11-12/h4,7-8,12H,3,5-6,9-11H2,1-2H3. The third-order valence-corrected chi connectivity index (χ3v) is 4.85. The third-order valence-electron chi connectivity index (χ3n) is 4.00. The van der Waals surface area contributed by atoms with E-state index >= 15 is 0 Å². The smallest absolute Gasteiger partial charge is 0.286 e. The number of hydrogen-bond donors (Lipinski definition) is 0. The summed E-state index contributed by atoms with van der Waals surface area (Å²) in [5.74, 6) is 0.385. The van der Waals surface area contributed by atoms with Crippen molar-refractivity contribution in [2.75, 3.05) is 19.5 Å². The van der Waals surface area contributed by atoms with E-state index in [9.17, 15) is 10.1 Å². The van der Waals surface area contributed by atoms with Gasteiger partial charge in [-0.2, -0.15) is 0 Å². The minimum absolute atomic E-state index is 0.232. The number of hydrogen-bond acceptors (Lipinski definition) is 5. The molecule has 0 amide bonds. The highest BCUT2D eigenvalue weighted by Crippen LogP contribution is 2.39. The molecule has 2 heterocycles. The Kier molecular flexibility index (Phi) is 5.58. The lowest BCUT2D eigenvalue weighted by Crippen LogP contribution is -2.31. The molecule has 2 rings (SSSR count). The Morgan fingerprint density at radius 2 is 2.43 bits per heavy atom. The quantitative estimate of drug-likeness (QED) is 0.533. The van der Waals surface area contributed by atoms with Crippen LogP contribution in [0, 0.1) is 16.0 Å². The van der Waals surface area contributed by atoms with E-state index in [0.29, 0.717) is 25.4 Å². The summed E-state index contributed by atoms with van der Waals surface area (Å²) < 4.78 is 5.40. The Bertz CT molecular complexity index is 467. The Hall–Kier alpha value is -1.14. The lowest BCUT2D eigenvalue weighted by atomic mass is 9.89. The average molecular weight is 310 g/mol. The van der Waals surface area contributed by atoms with Crippen LogP contribution in [0.2, 0.25) is 0 Å². The van der Waals surface area contributed by atoms with Gasteiger partial charge in [0.15, 0.2) is 5.54 Å². The van der Waals surface area contributed by atoms with Crippen LogP contribution in [0.15, 0.2) is 27.7 Å². The largest absolute Gasteiger partial charge is 0.381 e. The Balaban J connectivity index is 2.37. The van der Waals surface area contributed by atoms with Crippen molar-refractivity contribution in [2.24, 2.45) is 10.9 Å². The first-order chi connectivity index (χ1) is 10.1. The van der Waals surface area contributed by atoms with Gasteiger partial charge in [-0.3, -0.25) is 15.1 Å². The number of thioether (sulfide) groups is 1. The molecule has 0 spiro atoms. The zero-order chi connectivity index (χ0) is 15.3. The molecular formula is C15H22N2O3S. The van der Waals surface area contributed by atoms with E-state index in [1.54, 1.807) is 6.21 Å². The zero-order valence-electron chi connectivity index (χ0n) is 12.6. The molecule has 0 bridgehead atoms. The molecule has 6 heteroatoms. The van der Waals surface area contributed by atoms with Gasteiger partial charge in [0.25, 0.3) is 5.70 Å². The number of allylic oxidation sites excluding steroid dienone is 2. The molecule has 1 saturated heterocycles. The highest BCUT2D eigenvalue weighted by molar-refractivity contribution is 8.02. The Morgan fingerprint density at radius 3 is 2.90 bits per heavy atom. The van der Waals surface area contributed by atoms with Gasteiger partial charge in [-0.05, 0) is 43.6 Å². The first kappa shape index (κ1) is 16.2. The Morgan fingerprint density at radius 1 is 1.62 bits per heavy atom. The lowest BCUT2D eigenvalue weighted by molar-refractivity contribution is -0.434. The topological polar surface area (TPSA) is 64.7 Å². The molecule has 0 aromatic rings. The zero-order valence-corrected chi connectivity index (χ0v) is 13.4. The molecule has 2 aliphatic heterocycles. The van der Waals surface area contributed by atoms with Gasteiger partial charge in [-0.15, -0.1) is 11.8 Å². The maximum Gasteiger partial charge on any atom is 0.286 e. The van der Waals surface area contributed by atoms with E-state index in [1.807, 2.05) is 25.3 Å². The maximum atomic E-state index is 11.7. The minimum Gasteiger partial charge on any atom is -0.381 e. The number of rotatable bonds is 7. The van der Waals surface area contributed by atoms with Crippen LogP contribution in [-0.2, 0) is 4.74 Å². The molecule has 0 saturated carbocycles. The van der Waals surface area contributed by atoms with Crippen LogP contribution in [-0.4, -0.2) is 36.1 Å². The van der Waals surface area contributed by atoms with Gasteiger partial charge in [0.05, 0.1) is 9.83 Å². The predicted octanol–water partition coefficient (Wildman–Crippen LogP) is 3.44.